The monoisotopic (exact) mass is 432 g/mol. The van der Waals surface area contributed by atoms with Crippen molar-refractivity contribution in [3.63, 3.8) is 0 Å². The summed E-state index contributed by atoms with van der Waals surface area (Å²) < 4.78 is 7.57. The van der Waals surface area contributed by atoms with E-state index >= 15 is 0 Å². The predicted octanol–water partition coefficient (Wildman–Crippen LogP) is 3.29. The standard InChI is InChI=1S/C25H28N4O3/c1-18-26-12-13-27(18)16-20-8-4-5-9-21(20)25(31)28-14-15-29(19(2)30)23(17-28)22-10-6-7-11-24(22)32-3/h4-13,23H,14-17H2,1-3H3/t23-/m0/s1. The molecule has 166 valence electrons. The van der Waals surface area contributed by atoms with Gasteiger partial charge in [0.2, 0.25) is 5.91 Å². The van der Waals surface area contributed by atoms with Crippen LogP contribution in [0.3, 0.4) is 0 Å². The fourth-order valence-electron chi connectivity index (χ4n) is 4.34. The highest BCUT2D eigenvalue weighted by atomic mass is 16.5. The molecule has 2 heterocycles. The molecule has 7 heteroatoms. The van der Waals surface area contributed by atoms with Crippen LogP contribution in [0.1, 0.15) is 40.3 Å². The van der Waals surface area contributed by atoms with E-state index in [-0.39, 0.29) is 17.9 Å². The van der Waals surface area contributed by atoms with Crippen molar-refractivity contribution >= 4 is 11.8 Å². The number of rotatable bonds is 5. The fraction of sp³-hybridized carbons (Fsp3) is 0.320. The summed E-state index contributed by atoms with van der Waals surface area (Å²) in [6, 6.07) is 15.1. The van der Waals surface area contributed by atoms with E-state index in [0.717, 1.165) is 17.0 Å². The lowest BCUT2D eigenvalue weighted by molar-refractivity contribution is -0.133. The van der Waals surface area contributed by atoms with Gasteiger partial charge in [-0.25, -0.2) is 4.98 Å². The van der Waals surface area contributed by atoms with Crippen molar-refractivity contribution in [3.8, 4) is 5.75 Å². The van der Waals surface area contributed by atoms with E-state index in [1.54, 1.807) is 20.2 Å². The van der Waals surface area contributed by atoms with Crippen LogP contribution in [0, 0.1) is 6.92 Å². The number of imidazole rings is 1. The first-order valence-corrected chi connectivity index (χ1v) is 10.7. The van der Waals surface area contributed by atoms with E-state index in [2.05, 4.69) is 4.98 Å². The van der Waals surface area contributed by atoms with Gasteiger partial charge in [0.15, 0.2) is 0 Å². The molecule has 1 atom stereocenters. The molecule has 0 bridgehead atoms. The van der Waals surface area contributed by atoms with Gasteiger partial charge in [-0.3, -0.25) is 9.59 Å². The number of ether oxygens (including phenoxy) is 1. The lowest BCUT2D eigenvalue weighted by Gasteiger charge is -2.41. The van der Waals surface area contributed by atoms with Crippen LogP contribution in [-0.4, -0.2) is 57.9 Å². The van der Waals surface area contributed by atoms with Crippen LogP contribution in [0.4, 0.5) is 0 Å². The average Bonchev–Trinajstić information content (AvgIpc) is 3.22. The third-order valence-corrected chi connectivity index (χ3v) is 6.08. The minimum absolute atomic E-state index is 0.0102. The van der Waals surface area contributed by atoms with E-state index in [1.807, 2.05) is 76.0 Å². The molecule has 0 spiro atoms. The number of aromatic nitrogens is 2. The Labute approximate surface area is 188 Å². The summed E-state index contributed by atoms with van der Waals surface area (Å²) in [5.74, 6) is 1.58. The smallest absolute Gasteiger partial charge is 0.254 e. The number of hydrogen-bond donors (Lipinski definition) is 0. The number of nitrogens with zero attached hydrogens (tertiary/aromatic N) is 4. The lowest BCUT2D eigenvalue weighted by Crippen LogP contribution is -2.52. The van der Waals surface area contributed by atoms with E-state index in [0.29, 0.717) is 37.5 Å². The zero-order chi connectivity index (χ0) is 22.7. The highest BCUT2D eigenvalue weighted by molar-refractivity contribution is 5.96. The Bertz CT molecular complexity index is 1120. The third-order valence-electron chi connectivity index (χ3n) is 6.08. The maximum Gasteiger partial charge on any atom is 0.254 e. The van der Waals surface area contributed by atoms with E-state index < -0.39 is 0 Å². The maximum atomic E-state index is 13.6. The SMILES string of the molecule is COc1ccccc1[C@@H]1CN(C(=O)c2ccccc2Cn2ccnc2C)CCN1C(C)=O. The summed E-state index contributed by atoms with van der Waals surface area (Å²) in [5, 5.41) is 0. The van der Waals surface area contributed by atoms with Crippen molar-refractivity contribution in [1.82, 2.24) is 19.4 Å². The van der Waals surface area contributed by atoms with Crippen LogP contribution < -0.4 is 4.74 Å². The van der Waals surface area contributed by atoms with Gasteiger partial charge in [-0.2, -0.15) is 0 Å². The molecular formula is C25H28N4O3. The number of carbonyl (C=O) groups is 2. The number of piperazine rings is 1. The number of para-hydroxylation sites is 1. The molecular weight excluding hydrogens is 404 g/mol. The van der Waals surface area contributed by atoms with Gasteiger partial charge in [0, 0.05) is 56.6 Å². The lowest BCUT2D eigenvalue weighted by atomic mass is 9.99. The van der Waals surface area contributed by atoms with Crippen molar-refractivity contribution in [3.05, 3.63) is 83.4 Å². The fourth-order valence-corrected chi connectivity index (χ4v) is 4.34. The molecule has 2 amide bonds. The van der Waals surface area contributed by atoms with Gasteiger partial charge >= 0.3 is 0 Å². The summed E-state index contributed by atoms with van der Waals surface area (Å²) in [7, 11) is 1.62. The summed E-state index contributed by atoms with van der Waals surface area (Å²) in [5.41, 5.74) is 2.53. The number of aryl methyl sites for hydroxylation is 1. The molecule has 0 N–H and O–H groups in total. The van der Waals surface area contributed by atoms with Crippen LogP contribution in [0.25, 0.3) is 0 Å². The second-order valence-electron chi connectivity index (χ2n) is 7.98. The van der Waals surface area contributed by atoms with E-state index in [9.17, 15) is 9.59 Å². The van der Waals surface area contributed by atoms with Crippen molar-refractivity contribution < 1.29 is 14.3 Å². The molecule has 32 heavy (non-hydrogen) atoms. The van der Waals surface area contributed by atoms with E-state index in [1.165, 1.54) is 0 Å². The first-order chi connectivity index (χ1) is 15.5. The van der Waals surface area contributed by atoms with Crippen LogP contribution >= 0.6 is 0 Å². The topological polar surface area (TPSA) is 67.7 Å². The second-order valence-corrected chi connectivity index (χ2v) is 7.98. The number of amides is 2. The van der Waals surface area contributed by atoms with Crippen molar-refractivity contribution in [2.24, 2.45) is 0 Å². The molecule has 4 rings (SSSR count). The van der Waals surface area contributed by atoms with Gasteiger partial charge in [-0.05, 0) is 24.6 Å². The molecule has 1 aliphatic heterocycles. The Hall–Kier alpha value is -3.61. The molecule has 3 aromatic rings. The summed E-state index contributed by atoms with van der Waals surface area (Å²) in [4.78, 5) is 33.9. The highest BCUT2D eigenvalue weighted by Gasteiger charge is 2.34. The number of benzene rings is 2. The van der Waals surface area contributed by atoms with Crippen molar-refractivity contribution in [1.29, 1.82) is 0 Å². The Balaban J connectivity index is 1.63. The Kier molecular flexibility index (Phi) is 6.25. The molecule has 7 nitrogen and oxygen atoms in total. The highest BCUT2D eigenvalue weighted by Crippen LogP contribution is 2.33. The molecule has 2 aromatic carbocycles. The van der Waals surface area contributed by atoms with Crippen molar-refractivity contribution in [2.75, 3.05) is 26.7 Å². The molecule has 1 aromatic heterocycles. The molecule has 0 unspecified atom stereocenters. The Morgan fingerprint density at radius 3 is 2.56 bits per heavy atom. The third kappa shape index (κ3) is 4.23. The molecule has 1 aliphatic rings. The molecule has 1 fully saturated rings. The molecule has 0 aliphatic carbocycles. The molecule has 1 saturated heterocycles. The minimum Gasteiger partial charge on any atom is -0.496 e. The maximum absolute atomic E-state index is 13.6. The molecule has 0 radical (unpaired) electrons. The summed E-state index contributed by atoms with van der Waals surface area (Å²) in [6.45, 7) is 5.48. The van der Waals surface area contributed by atoms with Crippen LogP contribution in [-0.2, 0) is 11.3 Å². The number of carbonyl (C=O) groups excluding carboxylic acids is 2. The Morgan fingerprint density at radius 1 is 1.09 bits per heavy atom. The quantitative estimate of drug-likeness (QED) is 0.621. The second kappa shape index (κ2) is 9.26. The van der Waals surface area contributed by atoms with Crippen molar-refractivity contribution in [2.45, 2.75) is 26.4 Å². The van der Waals surface area contributed by atoms with E-state index in [4.69, 9.17) is 4.74 Å². The summed E-state index contributed by atoms with van der Waals surface area (Å²) >= 11 is 0. The van der Waals surface area contributed by atoms with Gasteiger partial charge in [0.05, 0.1) is 13.2 Å². The first kappa shape index (κ1) is 21.6. The number of methoxy groups -OCH3 is 1. The van der Waals surface area contributed by atoms with Gasteiger partial charge in [-0.15, -0.1) is 0 Å². The normalized spacial score (nSPS) is 16.2. The number of hydrogen-bond acceptors (Lipinski definition) is 4. The van der Waals surface area contributed by atoms with Crippen LogP contribution in [0.2, 0.25) is 0 Å². The van der Waals surface area contributed by atoms with Gasteiger partial charge in [0.1, 0.15) is 11.6 Å². The van der Waals surface area contributed by atoms with Gasteiger partial charge < -0.3 is 19.1 Å². The summed E-state index contributed by atoms with van der Waals surface area (Å²) in [6.07, 6.45) is 3.68. The zero-order valence-electron chi connectivity index (χ0n) is 18.7. The van der Waals surface area contributed by atoms with Gasteiger partial charge in [0.25, 0.3) is 5.91 Å². The van der Waals surface area contributed by atoms with Crippen LogP contribution in [0.5, 0.6) is 5.75 Å². The minimum atomic E-state index is -0.260. The Morgan fingerprint density at radius 2 is 1.84 bits per heavy atom. The van der Waals surface area contributed by atoms with Crippen LogP contribution in [0.15, 0.2) is 60.9 Å². The average molecular weight is 433 g/mol. The first-order valence-electron chi connectivity index (χ1n) is 10.7. The van der Waals surface area contributed by atoms with Gasteiger partial charge in [-0.1, -0.05) is 36.4 Å². The zero-order valence-corrected chi connectivity index (χ0v) is 18.7. The largest absolute Gasteiger partial charge is 0.496 e. The predicted molar refractivity (Wildman–Crippen MR) is 122 cm³/mol. The molecule has 0 saturated carbocycles.